The van der Waals surface area contributed by atoms with Crippen molar-refractivity contribution in [2.24, 2.45) is 5.41 Å². The van der Waals surface area contributed by atoms with Gasteiger partial charge >= 0.3 is 5.97 Å². The van der Waals surface area contributed by atoms with Crippen LogP contribution < -0.4 is 0 Å². The van der Waals surface area contributed by atoms with Crippen molar-refractivity contribution in [2.75, 3.05) is 6.61 Å². The van der Waals surface area contributed by atoms with Crippen LogP contribution in [0.5, 0.6) is 0 Å². The first-order chi connectivity index (χ1) is 7.48. The van der Waals surface area contributed by atoms with Gasteiger partial charge in [0, 0.05) is 4.47 Å². The molecule has 0 amide bonds. The zero-order valence-electron chi connectivity index (χ0n) is 9.11. The molecule has 1 rings (SSSR count). The van der Waals surface area contributed by atoms with Gasteiger partial charge in [0.05, 0.1) is 12.0 Å². The molecule has 2 N–H and O–H groups in total. The van der Waals surface area contributed by atoms with Gasteiger partial charge in [-0.1, -0.05) is 28.1 Å². The number of carbonyl (C=O) groups is 1. The number of aryl methyl sites for hydroxylation is 1. The average molecular weight is 287 g/mol. The van der Waals surface area contributed by atoms with E-state index in [0.717, 1.165) is 10.0 Å². The number of aliphatic carboxylic acids is 1. The van der Waals surface area contributed by atoms with E-state index in [1.54, 1.807) is 6.92 Å². The van der Waals surface area contributed by atoms with Crippen LogP contribution in [0.4, 0.5) is 0 Å². The van der Waals surface area contributed by atoms with Gasteiger partial charge in [-0.3, -0.25) is 4.79 Å². The second kappa shape index (κ2) is 5.46. The number of aliphatic hydroxyl groups is 1. The summed E-state index contributed by atoms with van der Waals surface area (Å²) in [6, 6.07) is 7.74. The van der Waals surface area contributed by atoms with Crippen molar-refractivity contribution in [1.82, 2.24) is 0 Å². The second-order valence-electron chi connectivity index (χ2n) is 4.15. The molecule has 1 atom stereocenters. The van der Waals surface area contributed by atoms with Crippen molar-refractivity contribution in [1.29, 1.82) is 0 Å². The van der Waals surface area contributed by atoms with Gasteiger partial charge in [0.15, 0.2) is 0 Å². The van der Waals surface area contributed by atoms with Gasteiger partial charge in [-0.2, -0.15) is 0 Å². The summed E-state index contributed by atoms with van der Waals surface area (Å²) in [5.74, 6) is -0.954. The van der Waals surface area contributed by atoms with E-state index in [1.165, 1.54) is 0 Å². The van der Waals surface area contributed by atoms with Crippen LogP contribution in [0, 0.1) is 5.41 Å². The lowest BCUT2D eigenvalue weighted by Gasteiger charge is -2.21. The normalized spacial score (nSPS) is 14.4. The van der Waals surface area contributed by atoms with Gasteiger partial charge in [0.2, 0.25) is 0 Å². The Kier molecular flexibility index (Phi) is 4.50. The van der Waals surface area contributed by atoms with E-state index in [-0.39, 0.29) is 6.61 Å². The zero-order chi connectivity index (χ0) is 12.2. The number of halogens is 1. The van der Waals surface area contributed by atoms with Gasteiger partial charge in [0.1, 0.15) is 0 Å². The number of carboxylic acids is 1. The predicted octanol–water partition coefficient (Wildman–Crippen LogP) is 2.46. The first kappa shape index (κ1) is 13.2. The van der Waals surface area contributed by atoms with Crippen LogP contribution in [0.15, 0.2) is 28.7 Å². The van der Waals surface area contributed by atoms with Crippen LogP contribution in [0.3, 0.4) is 0 Å². The van der Waals surface area contributed by atoms with E-state index in [4.69, 9.17) is 10.2 Å². The SMILES string of the molecule is CC(CO)(CCc1cccc(Br)c1)C(=O)O. The van der Waals surface area contributed by atoms with Gasteiger partial charge < -0.3 is 10.2 Å². The van der Waals surface area contributed by atoms with Crippen LogP contribution in [0.2, 0.25) is 0 Å². The van der Waals surface area contributed by atoms with Crippen LogP contribution in [0.1, 0.15) is 18.9 Å². The molecule has 0 bridgehead atoms. The fraction of sp³-hybridized carbons (Fsp3) is 0.417. The van der Waals surface area contributed by atoms with Crippen molar-refractivity contribution >= 4 is 21.9 Å². The zero-order valence-corrected chi connectivity index (χ0v) is 10.7. The third-order valence-corrected chi connectivity index (χ3v) is 3.21. The number of benzene rings is 1. The molecule has 0 heterocycles. The molecule has 4 heteroatoms. The summed E-state index contributed by atoms with van der Waals surface area (Å²) in [6.07, 6.45) is 1.07. The van der Waals surface area contributed by atoms with Crippen molar-refractivity contribution in [3.05, 3.63) is 34.3 Å². The second-order valence-corrected chi connectivity index (χ2v) is 5.07. The van der Waals surface area contributed by atoms with E-state index < -0.39 is 11.4 Å². The van der Waals surface area contributed by atoms with Crippen LogP contribution in [-0.4, -0.2) is 22.8 Å². The Bertz CT molecular complexity index is 378. The molecule has 0 spiro atoms. The van der Waals surface area contributed by atoms with Crippen molar-refractivity contribution in [3.63, 3.8) is 0 Å². The molecule has 3 nitrogen and oxygen atoms in total. The monoisotopic (exact) mass is 286 g/mol. The number of hydrogen-bond donors (Lipinski definition) is 2. The lowest BCUT2D eigenvalue weighted by molar-refractivity contribution is -0.150. The number of hydrogen-bond acceptors (Lipinski definition) is 2. The van der Waals surface area contributed by atoms with E-state index in [9.17, 15) is 4.79 Å². The minimum atomic E-state index is -1.05. The molecule has 16 heavy (non-hydrogen) atoms. The highest BCUT2D eigenvalue weighted by atomic mass is 79.9. The van der Waals surface area contributed by atoms with Gasteiger partial charge in [-0.15, -0.1) is 0 Å². The molecule has 0 aliphatic carbocycles. The molecular formula is C12H15BrO3. The Labute approximate surface area is 103 Å². The van der Waals surface area contributed by atoms with E-state index in [2.05, 4.69) is 15.9 Å². The summed E-state index contributed by atoms with van der Waals surface area (Å²) < 4.78 is 0.978. The first-order valence-corrected chi connectivity index (χ1v) is 5.86. The van der Waals surface area contributed by atoms with Crippen LogP contribution >= 0.6 is 15.9 Å². The maximum Gasteiger partial charge on any atom is 0.311 e. The topological polar surface area (TPSA) is 57.5 Å². The number of aliphatic hydroxyl groups excluding tert-OH is 1. The van der Waals surface area contributed by atoms with Gasteiger partial charge in [-0.25, -0.2) is 0 Å². The molecule has 0 radical (unpaired) electrons. The Hall–Kier alpha value is -0.870. The lowest BCUT2D eigenvalue weighted by atomic mass is 9.85. The predicted molar refractivity (Wildman–Crippen MR) is 65.3 cm³/mol. The van der Waals surface area contributed by atoms with Crippen molar-refractivity contribution < 1.29 is 15.0 Å². The molecule has 0 aromatic heterocycles. The minimum Gasteiger partial charge on any atom is -0.481 e. The number of rotatable bonds is 5. The largest absolute Gasteiger partial charge is 0.481 e. The highest BCUT2D eigenvalue weighted by Crippen LogP contribution is 2.24. The Morgan fingerprint density at radius 1 is 1.50 bits per heavy atom. The average Bonchev–Trinajstić information content (AvgIpc) is 2.26. The highest BCUT2D eigenvalue weighted by molar-refractivity contribution is 9.10. The molecule has 88 valence electrons. The summed E-state index contributed by atoms with van der Waals surface area (Å²) in [7, 11) is 0. The number of carboxylic acid groups (broad SMARTS) is 1. The van der Waals surface area contributed by atoms with Crippen molar-refractivity contribution in [3.8, 4) is 0 Å². The summed E-state index contributed by atoms with van der Waals surface area (Å²) in [5.41, 5.74) is 0.0118. The third-order valence-electron chi connectivity index (χ3n) is 2.72. The van der Waals surface area contributed by atoms with Crippen LogP contribution in [-0.2, 0) is 11.2 Å². The lowest BCUT2D eigenvalue weighted by Crippen LogP contribution is -2.32. The van der Waals surface area contributed by atoms with Crippen LogP contribution in [0.25, 0.3) is 0 Å². The minimum absolute atomic E-state index is 0.337. The Balaban J connectivity index is 2.66. The maximum absolute atomic E-state index is 11.0. The Morgan fingerprint density at radius 3 is 2.69 bits per heavy atom. The van der Waals surface area contributed by atoms with Gasteiger partial charge in [-0.05, 0) is 37.5 Å². The van der Waals surface area contributed by atoms with Crippen molar-refractivity contribution in [2.45, 2.75) is 19.8 Å². The smallest absolute Gasteiger partial charge is 0.311 e. The highest BCUT2D eigenvalue weighted by Gasteiger charge is 2.31. The molecule has 0 saturated heterocycles. The standard InChI is InChI=1S/C12H15BrO3/c1-12(8-14,11(15)16)6-5-9-3-2-4-10(13)7-9/h2-4,7,14H,5-6,8H2,1H3,(H,15,16). The third kappa shape index (κ3) is 3.32. The molecule has 0 aliphatic heterocycles. The summed E-state index contributed by atoms with van der Waals surface area (Å²) in [6.45, 7) is 1.23. The fourth-order valence-corrected chi connectivity index (χ4v) is 1.81. The molecule has 1 unspecified atom stereocenters. The quantitative estimate of drug-likeness (QED) is 0.874. The molecule has 0 aliphatic rings. The summed E-state index contributed by atoms with van der Waals surface area (Å²) in [5, 5.41) is 18.1. The van der Waals surface area contributed by atoms with E-state index in [0.29, 0.717) is 12.8 Å². The summed E-state index contributed by atoms with van der Waals surface area (Å²) >= 11 is 3.36. The molecular weight excluding hydrogens is 272 g/mol. The summed E-state index contributed by atoms with van der Waals surface area (Å²) in [4.78, 5) is 11.0. The van der Waals surface area contributed by atoms with Gasteiger partial charge in [0.25, 0.3) is 0 Å². The molecule has 1 aromatic carbocycles. The maximum atomic E-state index is 11.0. The molecule has 0 fully saturated rings. The first-order valence-electron chi connectivity index (χ1n) is 5.06. The Morgan fingerprint density at radius 2 is 2.19 bits per heavy atom. The molecule has 0 saturated carbocycles. The molecule has 1 aromatic rings. The van der Waals surface area contributed by atoms with E-state index in [1.807, 2.05) is 24.3 Å². The van der Waals surface area contributed by atoms with E-state index >= 15 is 0 Å². The fourth-order valence-electron chi connectivity index (χ4n) is 1.37.